The predicted octanol–water partition coefficient (Wildman–Crippen LogP) is 2.35. The van der Waals surface area contributed by atoms with Crippen molar-refractivity contribution in [2.75, 3.05) is 5.32 Å². The fourth-order valence-electron chi connectivity index (χ4n) is 1.59. The average Bonchev–Trinajstić information content (AvgIpc) is 2.30. The van der Waals surface area contributed by atoms with E-state index in [1.54, 1.807) is 0 Å². The van der Waals surface area contributed by atoms with Gasteiger partial charge in [0.05, 0.1) is 22.3 Å². The monoisotopic (exact) mass is 284 g/mol. The Morgan fingerprint density at radius 1 is 1.42 bits per heavy atom. The number of hydrogen-bond donors (Lipinski definition) is 3. The molecular weight excluding hydrogens is 268 g/mol. The van der Waals surface area contributed by atoms with Gasteiger partial charge in [0.1, 0.15) is 0 Å². The number of hydrogen-bond acceptors (Lipinski definition) is 3. The summed E-state index contributed by atoms with van der Waals surface area (Å²) < 4.78 is 0. The SMILES string of the molecule is CC(C)C[C@@H](N)C(=O)Nc1ccc(C(=O)O)cc1Cl. The molecule has 104 valence electrons. The molecule has 0 aromatic heterocycles. The Balaban J connectivity index is 2.77. The van der Waals surface area contributed by atoms with Gasteiger partial charge in [-0.2, -0.15) is 0 Å². The fraction of sp³-hybridized carbons (Fsp3) is 0.385. The van der Waals surface area contributed by atoms with Crippen molar-refractivity contribution in [3.63, 3.8) is 0 Å². The van der Waals surface area contributed by atoms with E-state index in [0.717, 1.165) is 0 Å². The first-order valence-corrected chi connectivity index (χ1v) is 6.28. The van der Waals surface area contributed by atoms with E-state index in [4.69, 9.17) is 22.4 Å². The van der Waals surface area contributed by atoms with Gasteiger partial charge in [-0.05, 0) is 30.5 Å². The van der Waals surface area contributed by atoms with Crippen LogP contribution in [-0.4, -0.2) is 23.0 Å². The molecule has 1 amide bonds. The molecular formula is C13H17ClN2O3. The lowest BCUT2D eigenvalue weighted by molar-refractivity contribution is -0.117. The first-order chi connectivity index (χ1) is 8.81. The average molecular weight is 285 g/mol. The Hall–Kier alpha value is -1.59. The second kappa shape index (κ2) is 6.54. The molecule has 1 aromatic rings. The molecule has 0 spiro atoms. The van der Waals surface area contributed by atoms with Crippen molar-refractivity contribution >= 4 is 29.2 Å². The standard InChI is InChI=1S/C13H17ClN2O3/c1-7(2)5-10(15)12(17)16-11-4-3-8(13(18)19)6-9(11)14/h3-4,6-7,10H,5,15H2,1-2H3,(H,16,17)(H,18,19)/t10-/m1/s1. The number of carboxylic acids is 1. The predicted molar refractivity (Wildman–Crippen MR) is 74.5 cm³/mol. The molecule has 0 radical (unpaired) electrons. The van der Waals surface area contributed by atoms with Crippen LogP contribution in [0.3, 0.4) is 0 Å². The van der Waals surface area contributed by atoms with Crippen LogP contribution in [0, 0.1) is 5.92 Å². The van der Waals surface area contributed by atoms with Crippen molar-refractivity contribution in [3.05, 3.63) is 28.8 Å². The lowest BCUT2D eigenvalue weighted by Crippen LogP contribution is -2.36. The lowest BCUT2D eigenvalue weighted by atomic mass is 10.0. The molecule has 0 bridgehead atoms. The van der Waals surface area contributed by atoms with Crippen LogP contribution >= 0.6 is 11.6 Å². The molecule has 6 heteroatoms. The van der Waals surface area contributed by atoms with Gasteiger partial charge in [-0.1, -0.05) is 25.4 Å². The van der Waals surface area contributed by atoms with Crippen molar-refractivity contribution in [2.24, 2.45) is 11.7 Å². The van der Waals surface area contributed by atoms with Gasteiger partial charge in [0.2, 0.25) is 5.91 Å². The molecule has 19 heavy (non-hydrogen) atoms. The molecule has 4 N–H and O–H groups in total. The Morgan fingerprint density at radius 2 is 2.05 bits per heavy atom. The molecule has 1 atom stereocenters. The maximum Gasteiger partial charge on any atom is 0.335 e. The summed E-state index contributed by atoms with van der Waals surface area (Å²) >= 11 is 5.91. The maximum absolute atomic E-state index is 11.8. The highest BCUT2D eigenvalue weighted by molar-refractivity contribution is 6.34. The Labute approximate surface area is 116 Å². The van der Waals surface area contributed by atoms with Crippen molar-refractivity contribution in [3.8, 4) is 0 Å². The number of nitrogens with two attached hydrogens (primary N) is 1. The van der Waals surface area contributed by atoms with Crippen LogP contribution in [0.1, 0.15) is 30.6 Å². The minimum atomic E-state index is -1.07. The number of nitrogens with one attached hydrogen (secondary N) is 1. The molecule has 0 saturated heterocycles. The summed E-state index contributed by atoms with van der Waals surface area (Å²) in [5, 5.41) is 11.6. The summed E-state index contributed by atoms with van der Waals surface area (Å²) in [6, 6.07) is 3.49. The molecule has 1 rings (SSSR count). The van der Waals surface area contributed by atoms with Gasteiger partial charge in [0.25, 0.3) is 0 Å². The minimum absolute atomic E-state index is 0.0643. The van der Waals surface area contributed by atoms with Crippen LogP contribution < -0.4 is 11.1 Å². The zero-order chi connectivity index (χ0) is 14.6. The van der Waals surface area contributed by atoms with E-state index in [0.29, 0.717) is 18.0 Å². The number of carboxylic acid groups (broad SMARTS) is 1. The smallest absolute Gasteiger partial charge is 0.335 e. The summed E-state index contributed by atoms with van der Waals surface area (Å²) in [4.78, 5) is 22.6. The normalized spacial score (nSPS) is 12.3. The van der Waals surface area contributed by atoms with Crippen LogP contribution in [0.25, 0.3) is 0 Å². The highest BCUT2D eigenvalue weighted by Gasteiger charge is 2.16. The summed E-state index contributed by atoms with van der Waals surface area (Å²) in [6.45, 7) is 3.95. The molecule has 0 unspecified atom stereocenters. The second-order valence-corrected chi connectivity index (χ2v) is 5.13. The van der Waals surface area contributed by atoms with Crippen molar-refractivity contribution in [1.82, 2.24) is 0 Å². The zero-order valence-electron chi connectivity index (χ0n) is 10.8. The number of anilines is 1. The van der Waals surface area contributed by atoms with Gasteiger partial charge < -0.3 is 16.2 Å². The minimum Gasteiger partial charge on any atom is -0.478 e. The summed E-state index contributed by atoms with van der Waals surface area (Å²) in [5.41, 5.74) is 6.17. The quantitative estimate of drug-likeness (QED) is 0.774. The molecule has 0 aliphatic heterocycles. The Kier molecular flexibility index (Phi) is 5.32. The molecule has 0 heterocycles. The van der Waals surface area contributed by atoms with Crippen molar-refractivity contribution < 1.29 is 14.7 Å². The van der Waals surface area contributed by atoms with Gasteiger partial charge in [0, 0.05) is 0 Å². The third kappa shape index (κ3) is 4.54. The molecule has 0 aliphatic carbocycles. The number of halogens is 1. The van der Waals surface area contributed by atoms with Crippen molar-refractivity contribution in [1.29, 1.82) is 0 Å². The van der Waals surface area contributed by atoms with Crippen molar-refractivity contribution in [2.45, 2.75) is 26.3 Å². The largest absolute Gasteiger partial charge is 0.478 e. The number of benzene rings is 1. The third-order valence-electron chi connectivity index (χ3n) is 2.54. The summed E-state index contributed by atoms with van der Waals surface area (Å²) in [6.07, 6.45) is 0.566. The van der Waals surface area contributed by atoms with E-state index in [9.17, 15) is 9.59 Å². The first kappa shape index (κ1) is 15.5. The van der Waals surface area contributed by atoms with E-state index in [1.807, 2.05) is 13.8 Å². The number of amides is 1. The number of aromatic carboxylic acids is 1. The molecule has 1 aromatic carbocycles. The van der Waals surface area contributed by atoms with E-state index in [1.165, 1.54) is 18.2 Å². The molecule has 0 saturated carbocycles. The van der Waals surface area contributed by atoms with Gasteiger partial charge >= 0.3 is 5.97 Å². The molecule has 0 aliphatic rings. The topological polar surface area (TPSA) is 92.4 Å². The third-order valence-corrected chi connectivity index (χ3v) is 2.85. The van der Waals surface area contributed by atoms with E-state index in [-0.39, 0.29) is 16.5 Å². The second-order valence-electron chi connectivity index (χ2n) is 4.73. The summed E-state index contributed by atoms with van der Waals surface area (Å²) in [7, 11) is 0. The lowest BCUT2D eigenvalue weighted by Gasteiger charge is -2.15. The van der Waals surface area contributed by atoms with Gasteiger partial charge in [-0.15, -0.1) is 0 Å². The Bertz CT molecular complexity index is 489. The first-order valence-electron chi connectivity index (χ1n) is 5.90. The van der Waals surface area contributed by atoms with E-state index < -0.39 is 12.0 Å². The molecule has 0 fully saturated rings. The van der Waals surface area contributed by atoms with Crippen LogP contribution in [0.15, 0.2) is 18.2 Å². The number of carbonyl (C=O) groups is 2. The highest BCUT2D eigenvalue weighted by atomic mass is 35.5. The number of carbonyl (C=O) groups excluding carboxylic acids is 1. The zero-order valence-corrected chi connectivity index (χ0v) is 11.6. The molecule has 5 nitrogen and oxygen atoms in total. The van der Waals surface area contributed by atoms with Crippen LogP contribution in [0.4, 0.5) is 5.69 Å². The maximum atomic E-state index is 11.8. The van der Waals surface area contributed by atoms with Gasteiger partial charge in [-0.3, -0.25) is 4.79 Å². The highest BCUT2D eigenvalue weighted by Crippen LogP contribution is 2.23. The number of rotatable bonds is 5. The van der Waals surface area contributed by atoms with Gasteiger partial charge in [-0.25, -0.2) is 4.79 Å². The van der Waals surface area contributed by atoms with Crippen LogP contribution in [0.2, 0.25) is 5.02 Å². The van der Waals surface area contributed by atoms with Gasteiger partial charge in [0.15, 0.2) is 0 Å². The van der Waals surface area contributed by atoms with E-state index >= 15 is 0 Å². The van der Waals surface area contributed by atoms with E-state index in [2.05, 4.69) is 5.32 Å². The van der Waals surface area contributed by atoms with Crippen LogP contribution in [-0.2, 0) is 4.79 Å². The summed E-state index contributed by atoms with van der Waals surface area (Å²) in [5.74, 6) is -1.10. The Morgan fingerprint density at radius 3 is 2.53 bits per heavy atom. The fourth-order valence-corrected chi connectivity index (χ4v) is 1.82. The van der Waals surface area contributed by atoms with Crippen LogP contribution in [0.5, 0.6) is 0 Å².